The van der Waals surface area contributed by atoms with Crippen molar-refractivity contribution in [3.63, 3.8) is 0 Å². The van der Waals surface area contributed by atoms with Crippen LogP contribution in [0.4, 0.5) is 0 Å². The molecule has 0 aliphatic carbocycles. The second kappa shape index (κ2) is 5.03. The van der Waals surface area contributed by atoms with Gasteiger partial charge in [-0.2, -0.15) is 5.10 Å². The Hall–Kier alpha value is -0.790. The van der Waals surface area contributed by atoms with Crippen molar-refractivity contribution >= 4 is 5.71 Å². The Morgan fingerprint density at radius 1 is 1.80 bits per heavy atom. The third kappa shape index (κ3) is 4.13. The first-order valence-corrected chi connectivity index (χ1v) is 3.62. The van der Waals surface area contributed by atoms with E-state index in [-0.39, 0.29) is 6.04 Å². The highest BCUT2D eigenvalue weighted by Crippen LogP contribution is 1.84. The number of hydrazone groups is 1. The fraction of sp³-hybridized carbons (Fsp3) is 0.625. The summed E-state index contributed by atoms with van der Waals surface area (Å²) in [6, 6.07) is 0.265. The van der Waals surface area contributed by atoms with Gasteiger partial charge in [0.1, 0.15) is 0 Å². The summed E-state index contributed by atoms with van der Waals surface area (Å²) in [5.74, 6) is 0. The Balaban J connectivity index is 3.60. The van der Waals surface area contributed by atoms with Gasteiger partial charge in [-0.05, 0) is 20.3 Å². The first kappa shape index (κ1) is 9.21. The maximum Gasteiger partial charge on any atom is 0.0589 e. The molecule has 0 aromatic heterocycles. The summed E-state index contributed by atoms with van der Waals surface area (Å²) < 4.78 is 0. The second-order valence-corrected chi connectivity index (χ2v) is 2.35. The molecule has 0 amide bonds. The monoisotopic (exact) mass is 140 g/mol. The lowest BCUT2D eigenvalue weighted by molar-refractivity contribution is 0.670. The van der Waals surface area contributed by atoms with Crippen molar-refractivity contribution in [3.05, 3.63) is 12.7 Å². The standard InChI is InChI=1S/C8H16N2/c1-5-7(3)9-10-8(4)6-2/h5,7,9H,1,6H2,2-4H3/b10-8-. The molecule has 1 atom stereocenters. The number of nitrogens with zero attached hydrogens (tertiary/aromatic N) is 1. The molecule has 58 valence electrons. The third-order valence-electron chi connectivity index (χ3n) is 1.32. The summed E-state index contributed by atoms with van der Waals surface area (Å²) in [6.07, 6.45) is 2.82. The van der Waals surface area contributed by atoms with Crippen LogP contribution in [-0.4, -0.2) is 11.8 Å². The number of rotatable bonds is 4. The predicted molar refractivity (Wildman–Crippen MR) is 46.2 cm³/mol. The van der Waals surface area contributed by atoms with Crippen molar-refractivity contribution in [1.82, 2.24) is 5.43 Å². The van der Waals surface area contributed by atoms with E-state index in [1.54, 1.807) is 0 Å². The van der Waals surface area contributed by atoms with Gasteiger partial charge in [0.2, 0.25) is 0 Å². The van der Waals surface area contributed by atoms with Gasteiger partial charge in [-0.3, -0.25) is 0 Å². The minimum atomic E-state index is 0.265. The second-order valence-electron chi connectivity index (χ2n) is 2.35. The smallest absolute Gasteiger partial charge is 0.0589 e. The molecule has 0 bridgehead atoms. The van der Waals surface area contributed by atoms with E-state index in [1.807, 2.05) is 19.9 Å². The molecule has 1 N–H and O–H groups in total. The molecule has 0 aromatic carbocycles. The highest BCUT2D eigenvalue weighted by atomic mass is 15.3. The van der Waals surface area contributed by atoms with Crippen molar-refractivity contribution in [3.8, 4) is 0 Å². The van der Waals surface area contributed by atoms with E-state index >= 15 is 0 Å². The number of hydrogen-bond acceptors (Lipinski definition) is 2. The summed E-state index contributed by atoms with van der Waals surface area (Å²) >= 11 is 0. The summed E-state index contributed by atoms with van der Waals surface area (Å²) in [4.78, 5) is 0. The minimum Gasteiger partial charge on any atom is -0.304 e. The Morgan fingerprint density at radius 2 is 2.40 bits per heavy atom. The van der Waals surface area contributed by atoms with Gasteiger partial charge in [0.15, 0.2) is 0 Å². The highest BCUT2D eigenvalue weighted by Gasteiger charge is 1.89. The molecular formula is C8H16N2. The van der Waals surface area contributed by atoms with Gasteiger partial charge in [-0.1, -0.05) is 13.0 Å². The average molecular weight is 140 g/mol. The quantitative estimate of drug-likeness (QED) is 0.360. The van der Waals surface area contributed by atoms with E-state index in [4.69, 9.17) is 0 Å². The van der Waals surface area contributed by atoms with Crippen LogP contribution in [0.3, 0.4) is 0 Å². The first-order chi connectivity index (χ1) is 4.70. The number of hydrogen-bond donors (Lipinski definition) is 1. The lowest BCUT2D eigenvalue weighted by Crippen LogP contribution is -2.18. The zero-order valence-corrected chi connectivity index (χ0v) is 7.02. The molecule has 1 unspecified atom stereocenters. The molecule has 0 fully saturated rings. The Morgan fingerprint density at radius 3 is 2.80 bits per heavy atom. The molecule has 0 aliphatic rings. The van der Waals surface area contributed by atoms with Crippen LogP contribution in [-0.2, 0) is 0 Å². The molecule has 0 radical (unpaired) electrons. The van der Waals surface area contributed by atoms with Crippen molar-refractivity contribution in [2.24, 2.45) is 5.10 Å². The Labute approximate surface area is 63.0 Å². The minimum absolute atomic E-state index is 0.265. The topological polar surface area (TPSA) is 24.4 Å². The maximum atomic E-state index is 4.11. The third-order valence-corrected chi connectivity index (χ3v) is 1.32. The van der Waals surface area contributed by atoms with Crippen molar-refractivity contribution < 1.29 is 0 Å². The fourth-order valence-electron chi connectivity index (χ4n) is 0.344. The molecule has 0 spiro atoms. The SMILES string of the molecule is C=CC(C)N/N=C(/C)CC. The summed E-state index contributed by atoms with van der Waals surface area (Å²) in [5.41, 5.74) is 4.07. The zero-order valence-electron chi connectivity index (χ0n) is 7.02. The largest absolute Gasteiger partial charge is 0.304 e. The van der Waals surface area contributed by atoms with Crippen LogP contribution < -0.4 is 5.43 Å². The molecule has 0 heterocycles. The molecule has 0 rings (SSSR count). The molecule has 10 heavy (non-hydrogen) atoms. The first-order valence-electron chi connectivity index (χ1n) is 3.62. The van der Waals surface area contributed by atoms with Crippen LogP contribution >= 0.6 is 0 Å². The lowest BCUT2D eigenvalue weighted by atomic mass is 10.3. The molecule has 0 aromatic rings. The van der Waals surface area contributed by atoms with Gasteiger partial charge in [0.05, 0.1) is 6.04 Å². The van der Waals surface area contributed by atoms with Crippen molar-refractivity contribution in [2.75, 3.05) is 0 Å². The van der Waals surface area contributed by atoms with Gasteiger partial charge in [-0.25, -0.2) is 0 Å². The van der Waals surface area contributed by atoms with Crippen LogP contribution in [0.5, 0.6) is 0 Å². The Bertz CT molecular complexity index is 127. The summed E-state index contributed by atoms with van der Waals surface area (Å²) in [6.45, 7) is 9.73. The molecular weight excluding hydrogens is 124 g/mol. The van der Waals surface area contributed by atoms with Gasteiger partial charge < -0.3 is 5.43 Å². The van der Waals surface area contributed by atoms with Gasteiger partial charge in [-0.15, -0.1) is 6.58 Å². The van der Waals surface area contributed by atoms with Crippen LogP contribution in [0.2, 0.25) is 0 Å². The van der Waals surface area contributed by atoms with Crippen molar-refractivity contribution in [2.45, 2.75) is 33.2 Å². The zero-order chi connectivity index (χ0) is 7.98. The van der Waals surface area contributed by atoms with E-state index in [0.717, 1.165) is 12.1 Å². The highest BCUT2D eigenvalue weighted by molar-refractivity contribution is 5.81. The van der Waals surface area contributed by atoms with Crippen molar-refractivity contribution in [1.29, 1.82) is 0 Å². The van der Waals surface area contributed by atoms with Crippen LogP contribution in [0.25, 0.3) is 0 Å². The van der Waals surface area contributed by atoms with Gasteiger partial charge >= 0.3 is 0 Å². The maximum absolute atomic E-state index is 4.11. The molecule has 2 nitrogen and oxygen atoms in total. The van der Waals surface area contributed by atoms with Crippen LogP contribution in [0.15, 0.2) is 17.8 Å². The summed E-state index contributed by atoms with van der Waals surface area (Å²) in [7, 11) is 0. The van der Waals surface area contributed by atoms with Crippen LogP contribution in [0, 0.1) is 0 Å². The molecule has 0 aliphatic heterocycles. The molecule has 2 heteroatoms. The normalized spacial score (nSPS) is 14.5. The van der Waals surface area contributed by atoms with Crippen LogP contribution in [0.1, 0.15) is 27.2 Å². The molecule has 0 saturated carbocycles. The van der Waals surface area contributed by atoms with E-state index in [2.05, 4.69) is 24.0 Å². The number of nitrogens with one attached hydrogen (secondary N) is 1. The summed E-state index contributed by atoms with van der Waals surface area (Å²) in [5, 5.41) is 4.11. The van der Waals surface area contributed by atoms with E-state index in [9.17, 15) is 0 Å². The van der Waals surface area contributed by atoms with E-state index < -0.39 is 0 Å². The van der Waals surface area contributed by atoms with Gasteiger partial charge in [0.25, 0.3) is 0 Å². The van der Waals surface area contributed by atoms with Gasteiger partial charge in [0, 0.05) is 5.71 Å². The predicted octanol–water partition coefficient (Wildman–Crippen LogP) is 1.94. The Kier molecular flexibility index (Phi) is 4.63. The van der Waals surface area contributed by atoms with E-state index in [0.29, 0.717) is 0 Å². The average Bonchev–Trinajstić information content (AvgIpc) is 1.99. The molecule has 0 saturated heterocycles. The lowest BCUT2D eigenvalue weighted by Gasteiger charge is -2.04. The van der Waals surface area contributed by atoms with E-state index in [1.165, 1.54) is 0 Å². The fourth-order valence-corrected chi connectivity index (χ4v) is 0.344.